The van der Waals surface area contributed by atoms with E-state index in [-0.39, 0.29) is 5.54 Å². The quantitative estimate of drug-likeness (QED) is 0.746. The molecule has 82 valence electrons. The van der Waals surface area contributed by atoms with Crippen molar-refractivity contribution in [1.82, 2.24) is 4.90 Å². The summed E-state index contributed by atoms with van der Waals surface area (Å²) < 4.78 is 0. The summed E-state index contributed by atoms with van der Waals surface area (Å²) in [6.45, 7) is 1.21. The zero-order valence-electron chi connectivity index (χ0n) is 9.47. The van der Waals surface area contributed by atoms with Crippen LogP contribution in [0.5, 0.6) is 0 Å². The van der Waals surface area contributed by atoms with Crippen molar-refractivity contribution in [1.29, 1.82) is 0 Å². The molecule has 0 heterocycles. The van der Waals surface area contributed by atoms with Crippen molar-refractivity contribution < 1.29 is 0 Å². The summed E-state index contributed by atoms with van der Waals surface area (Å²) in [4.78, 5) is 2.54. The van der Waals surface area contributed by atoms with E-state index in [9.17, 15) is 0 Å². The summed E-state index contributed by atoms with van der Waals surface area (Å²) >= 11 is 0. The van der Waals surface area contributed by atoms with Crippen molar-refractivity contribution in [2.75, 3.05) is 13.6 Å². The standard InChI is InChI=1S/C12H24N2/c1-14(11-5-2-3-6-11)10-9-12(13)7-4-8-12/h11H,2-10,13H2,1H3. The molecule has 2 fully saturated rings. The van der Waals surface area contributed by atoms with E-state index in [1.165, 1.54) is 57.9 Å². The molecular weight excluding hydrogens is 172 g/mol. The molecule has 2 saturated carbocycles. The molecule has 0 amide bonds. The Morgan fingerprint density at radius 2 is 1.86 bits per heavy atom. The van der Waals surface area contributed by atoms with Gasteiger partial charge in [-0.3, -0.25) is 0 Å². The minimum absolute atomic E-state index is 0.215. The van der Waals surface area contributed by atoms with Crippen molar-refractivity contribution in [3.63, 3.8) is 0 Å². The lowest BCUT2D eigenvalue weighted by molar-refractivity contribution is 0.171. The molecule has 2 rings (SSSR count). The van der Waals surface area contributed by atoms with Crippen LogP contribution >= 0.6 is 0 Å². The first-order valence-electron chi connectivity index (χ1n) is 6.19. The van der Waals surface area contributed by atoms with E-state index in [0.717, 1.165) is 6.04 Å². The van der Waals surface area contributed by atoms with Gasteiger partial charge in [0.25, 0.3) is 0 Å². The van der Waals surface area contributed by atoms with Crippen molar-refractivity contribution in [2.45, 2.75) is 62.9 Å². The van der Waals surface area contributed by atoms with Gasteiger partial charge in [0.1, 0.15) is 0 Å². The molecule has 0 aromatic rings. The number of hydrogen-bond acceptors (Lipinski definition) is 2. The fourth-order valence-corrected chi connectivity index (χ4v) is 2.81. The highest BCUT2D eigenvalue weighted by atomic mass is 15.1. The van der Waals surface area contributed by atoms with Crippen LogP contribution < -0.4 is 5.73 Å². The Morgan fingerprint density at radius 1 is 1.21 bits per heavy atom. The highest BCUT2D eigenvalue weighted by Gasteiger charge is 2.32. The maximum atomic E-state index is 6.22. The van der Waals surface area contributed by atoms with Crippen LogP contribution in [0.1, 0.15) is 51.4 Å². The normalized spacial score (nSPS) is 26.8. The predicted molar refractivity (Wildman–Crippen MR) is 60.3 cm³/mol. The first-order chi connectivity index (χ1) is 6.70. The molecule has 2 nitrogen and oxygen atoms in total. The Bertz CT molecular complexity index is 181. The smallest absolute Gasteiger partial charge is 0.0166 e. The van der Waals surface area contributed by atoms with Gasteiger partial charge in [-0.05, 0) is 52.1 Å². The maximum Gasteiger partial charge on any atom is 0.0166 e. The summed E-state index contributed by atoms with van der Waals surface area (Å²) in [6.07, 6.45) is 10.8. The molecule has 14 heavy (non-hydrogen) atoms. The Hall–Kier alpha value is -0.0800. The lowest BCUT2D eigenvalue weighted by atomic mass is 9.75. The van der Waals surface area contributed by atoms with E-state index in [1.807, 2.05) is 0 Å². The Labute approximate surface area is 87.8 Å². The van der Waals surface area contributed by atoms with Crippen molar-refractivity contribution in [3.8, 4) is 0 Å². The second kappa shape index (κ2) is 4.19. The zero-order valence-corrected chi connectivity index (χ0v) is 9.47. The fourth-order valence-electron chi connectivity index (χ4n) is 2.81. The maximum absolute atomic E-state index is 6.22. The van der Waals surface area contributed by atoms with E-state index in [2.05, 4.69) is 11.9 Å². The van der Waals surface area contributed by atoms with Crippen molar-refractivity contribution in [2.24, 2.45) is 5.73 Å². The van der Waals surface area contributed by atoms with Crippen LogP contribution in [0.2, 0.25) is 0 Å². The van der Waals surface area contributed by atoms with Gasteiger partial charge in [0.2, 0.25) is 0 Å². The molecule has 0 aromatic carbocycles. The lowest BCUT2D eigenvalue weighted by Crippen LogP contribution is -2.49. The van der Waals surface area contributed by atoms with Gasteiger partial charge in [-0.2, -0.15) is 0 Å². The molecule has 2 aliphatic carbocycles. The lowest BCUT2D eigenvalue weighted by Gasteiger charge is -2.40. The summed E-state index contributed by atoms with van der Waals surface area (Å²) in [5.41, 5.74) is 6.44. The largest absolute Gasteiger partial charge is 0.325 e. The Morgan fingerprint density at radius 3 is 2.36 bits per heavy atom. The summed E-state index contributed by atoms with van der Waals surface area (Å²) in [7, 11) is 2.28. The minimum atomic E-state index is 0.215. The third kappa shape index (κ3) is 2.29. The first-order valence-corrected chi connectivity index (χ1v) is 6.19. The second-order valence-electron chi connectivity index (χ2n) is 5.38. The molecule has 2 N–H and O–H groups in total. The van der Waals surface area contributed by atoms with Crippen molar-refractivity contribution in [3.05, 3.63) is 0 Å². The molecule has 0 spiro atoms. The van der Waals surface area contributed by atoms with Gasteiger partial charge in [-0.15, -0.1) is 0 Å². The van der Waals surface area contributed by atoms with Crippen LogP contribution in [0.25, 0.3) is 0 Å². The summed E-state index contributed by atoms with van der Waals surface area (Å²) in [6, 6.07) is 0.860. The highest BCUT2D eigenvalue weighted by molar-refractivity contribution is 4.93. The number of rotatable bonds is 4. The van der Waals surface area contributed by atoms with Gasteiger partial charge in [0, 0.05) is 11.6 Å². The van der Waals surface area contributed by atoms with Gasteiger partial charge >= 0.3 is 0 Å². The van der Waals surface area contributed by atoms with E-state index in [1.54, 1.807) is 0 Å². The van der Waals surface area contributed by atoms with Gasteiger partial charge < -0.3 is 10.6 Å². The van der Waals surface area contributed by atoms with E-state index in [0.29, 0.717) is 0 Å². The molecule has 0 unspecified atom stereocenters. The molecule has 0 aromatic heterocycles. The SMILES string of the molecule is CN(CCC1(N)CCC1)C1CCCC1. The summed E-state index contributed by atoms with van der Waals surface area (Å²) in [5.74, 6) is 0. The second-order valence-corrected chi connectivity index (χ2v) is 5.38. The monoisotopic (exact) mass is 196 g/mol. The predicted octanol–water partition coefficient (Wildman–Crippen LogP) is 2.13. The molecule has 2 heteroatoms. The highest BCUT2D eigenvalue weighted by Crippen LogP contribution is 2.32. The van der Waals surface area contributed by atoms with Gasteiger partial charge in [0.05, 0.1) is 0 Å². The average molecular weight is 196 g/mol. The van der Waals surface area contributed by atoms with E-state index in [4.69, 9.17) is 5.73 Å². The Balaban J connectivity index is 1.68. The van der Waals surface area contributed by atoms with E-state index >= 15 is 0 Å². The Kier molecular flexibility index (Phi) is 3.13. The summed E-state index contributed by atoms with van der Waals surface area (Å²) in [5, 5.41) is 0. The molecular formula is C12H24N2. The molecule has 0 bridgehead atoms. The molecule has 0 radical (unpaired) electrons. The van der Waals surface area contributed by atoms with Gasteiger partial charge in [-0.1, -0.05) is 12.8 Å². The molecule has 0 atom stereocenters. The molecule has 0 aliphatic heterocycles. The van der Waals surface area contributed by atoms with Crippen LogP contribution in [0.4, 0.5) is 0 Å². The average Bonchev–Trinajstić information content (AvgIpc) is 2.63. The minimum Gasteiger partial charge on any atom is -0.325 e. The number of hydrogen-bond donors (Lipinski definition) is 1. The van der Waals surface area contributed by atoms with Crippen LogP contribution in [-0.4, -0.2) is 30.1 Å². The van der Waals surface area contributed by atoms with E-state index < -0.39 is 0 Å². The van der Waals surface area contributed by atoms with Crippen molar-refractivity contribution >= 4 is 0 Å². The topological polar surface area (TPSA) is 29.3 Å². The zero-order chi connectivity index (χ0) is 10.0. The van der Waals surface area contributed by atoms with Gasteiger partial charge in [0.15, 0.2) is 0 Å². The fraction of sp³-hybridized carbons (Fsp3) is 1.00. The van der Waals surface area contributed by atoms with Crippen LogP contribution in [0.15, 0.2) is 0 Å². The molecule has 0 saturated heterocycles. The molecule has 2 aliphatic rings. The third-order valence-corrected chi connectivity index (χ3v) is 4.26. The first kappa shape index (κ1) is 10.4. The number of nitrogens with zero attached hydrogens (tertiary/aromatic N) is 1. The van der Waals surface area contributed by atoms with Crippen LogP contribution in [0.3, 0.4) is 0 Å². The van der Waals surface area contributed by atoms with Crippen LogP contribution in [0, 0.1) is 0 Å². The third-order valence-electron chi connectivity index (χ3n) is 4.26. The van der Waals surface area contributed by atoms with Gasteiger partial charge in [-0.25, -0.2) is 0 Å². The number of nitrogens with two attached hydrogens (primary N) is 1. The van der Waals surface area contributed by atoms with Crippen LogP contribution in [-0.2, 0) is 0 Å².